The van der Waals surface area contributed by atoms with Crippen molar-refractivity contribution in [3.05, 3.63) is 0 Å². The van der Waals surface area contributed by atoms with Gasteiger partial charge in [-0.2, -0.15) is 0 Å². The van der Waals surface area contributed by atoms with Crippen LogP contribution in [0.3, 0.4) is 0 Å². The molecule has 2 saturated carbocycles. The fourth-order valence-electron chi connectivity index (χ4n) is 6.96. The summed E-state index contributed by atoms with van der Waals surface area (Å²) in [5, 5.41) is 13.9. The van der Waals surface area contributed by atoms with Crippen molar-refractivity contribution in [3.8, 4) is 0 Å². The first-order chi connectivity index (χ1) is 15.9. The van der Waals surface area contributed by atoms with Gasteiger partial charge >= 0.3 is 0 Å². The van der Waals surface area contributed by atoms with Crippen molar-refractivity contribution in [2.24, 2.45) is 23.5 Å². The fraction of sp³-hybridized carbons (Fsp3) is 0.923. The van der Waals surface area contributed by atoms with Crippen molar-refractivity contribution in [3.63, 3.8) is 0 Å². The summed E-state index contributed by atoms with van der Waals surface area (Å²) in [7, 11) is 0. The van der Waals surface area contributed by atoms with Gasteiger partial charge in [0.2, 0.25) is 11.8 Å². The van der Waals surface area contributed by atoms with Crippen molar-refractivity contribution >= 4 is 11.8 Å². The van der Waals surface area contributed by atoms with Gasteiger partial charge in [0.1, 0.15) is 0 Å². The largest absolute Gasteiger partial charge is 0.353 e. The van der Waals surface area contributed by atoms with Gasteiger partial charge in [0.25, 0.3) is 0 Å². The van der Waals surface area contributed by atoms with Gasteiger partial charge in [0.15, 0.2) is 0 Å². The molecule has 0 radical (unpaired) electrons. The number of nitrogens with two attached hydrogens (primary N) is 1. The SMILES string of the molecule is CC1CCCC2CC(C(=O)NC(CCC(=O)NC3CCC(N)CC3)C3NCCCC3C)NC12. The molecule has 7 atom stereocenters. The van der Waals surface area contributed by atoms with Crippen LogP contribution in [0.4, 0.5) is 0 Å². The lowest BCUT2D eigenvalue weighted by Crippen LogP contribution is -2.58. The monoisotopic (exact) mass is 461 g/mol. The molecule has 188 valence electrons. The van der Waals surface area contributed by atoms with Crippen molar-refractivity contribution in [2.45, 2.75) is 127 Å². The highest BCUT2D eigenvalue weighted by molar-refractivity contribution is 5.82. The van der Waals surface area contributed by atoms with Crippen LogP contribution >= 0.6 is 0 Å². The molecule has 7 nitrogen and oxygen atoms in total. The third kappa shape index (κ3) is 6.49. The first kappa shape index (κ1) is 24.9. The summed E-state index contributed by atoms with van der Waals surface area (Å²) in [5.74, 6) is 2.01. The summed E-state index contributed by atoms with van der Waals surface area (Å²) in [6.45, 7) is 5.57. The van der Waals surface area contributed by atoms with Crippen molar-refractivity contribution in [1.82, 2.24) is 21.3 Å². The molecule has 0 bridgehead atoms. The number of nitrogens with one attached hydrogen (secondary N) is 4. The van der Waals surface area contributed by atoms with E-state index in [4.69, 9.17) is 5.73 Å². The topological polar surface area (TPSA) is 108 Å². The second-order valence-corrected chi connectivity index (χ2v) is 11.6. The summed E-state index contributed by atoms with van der Waals surface area (Å²) < 4.78 is 0. The Hall–Kier alpha value is -1.18. The molecule has 4 fully saturated rings. The Morgan fingerprint density at radius 2 is 1.76 bits per heavy atom. The Morgan fingerprint density at radius 1 is 1.00 bits per heavy atom. The van der Waals surface area contributed by atoms with Crippen LogP contribution in [0.1, 0.15) is 90.9 Å². The zero-order chi connectivity index (χ0) is 23.4. The van der Waals surface area contributed by atoms with Crippen LogP contribution in [0, 0.1) is 17.8 Å². The van der Waals surface area contributed by atoms with E-state index in [1.54, 1.807) is 0 Å². The molecule has 0 aromatic heterocycles. The quantitative estimate of drug-likeness (QED) is 0.399. The third-order valence-electron chi connectivity index (χ3n) is 9.01. The third-order valence-corrected chi connectivity index (χ3v) is 9.01. The smallest absolute Gasteiger partial charge is 0.237 e. The molecule has 7 heteroatoms. The fourth-order valence-corrected chi connectivity index (χ4v) is 6.96. The van der Waals surface area contributed by atoms with Crippen LogP contribution in [-0.4, -0.2) is 54.6 Å². The van der Waals surface area contributed by atoms with E-state index in [-0.39, 0.29) is 42.0 Å². The van der Waals surface area contributed by atoms with E-state index in [1.807, 2.05) is 0 Å². The van der Waals surface area contributed by atoms with Crippen molar-refractivity contribution < 1.29 is 9.59 Å². The van der Waals surface area contributed by atoms with Crippen LogP contribution in [0.25, 0.3) is 0 Å². The van der Waals surface area contributed by atoms with E-state index < -0.39 is 0 Å². The first-order valence-electron chi connectivity index (χ1n) is 13.8. The number of piperidine rings is 1. The van der Waals surface area contributed by atoms with Gasteiger partial charge in [-0.05, 0) is 88.5 Å². The molecular weight excluding hydrogens is 414 g/mol. The lowest BCUT2D eigenvalue weighted by atomic mass is 9.78. The number of hydrogen-bond acceptors (Lipinski definition) is 5. The predicted octanol–water partition coefficient (Wildman–Crippen LogP) is 2.19. The number of carbonyl (C=O) groups is 2. The number of amides is 2. The average molecular weight is 462 g/mol. The molecule has 2 amide bonds. The lowest BCUT2D eigenvalue weighted by molar-refractivity contribution is -0.125. The van der Waals surface area contributed by atoms with Gasteiger partial charge in [-0.1, -0.05) is 20.3 Å². The van der Waals surface area contributed by atoms with Gasteiger partial charge in [-0.3, -0.25) is 9.59 Å². The zero-order valence-electron chi connectivity index (χ0n) is 20.8. The maximum atomic E-state index is 13.3. The van der Waals surface area contributed by atoms with E-state index in [9.17, 15) is 9.59 Å². The van der Waals surface area contributed by atoms with Crippen LogP contribution in [0.5, 0.6) is 0 Å². The predicted molar refractivity (Wildman–Crippen MR) is 132 cm³/mol. The maximum Gasteiger partial charge on any atom is 0.237 e. The molecule has 2 saturated heterocycles. The van der Waals surface area contributed by atoms with Gasteiger partial charge < -0.3 is 27.0 Å². The van der Waals surface area contributed by atoms with Gasteiger partial charge in [-0.25, -0.2) is 0 Å². The molecule has 4 rings (SSSR count). The average Bonchev–Trinajstić information content (AvgIpc) is 3.25. The van der Waals surface area contributed by atoms with E-state index in [1.165, 1.54) is 32.1 Å². The summed E-state index contributed by atoms with van der Waals surface area (Å²) in [5.41, 5.74) is 6.00. The van der Waals surface area contributed by atoms with Crippen LogP contribution in [-0.2, 0) is 9.59 Å². The van der Waals surface area contributed by atoms with Crippen LogP contribution < -0.4 is 27.0 Å². The van der Waals surface area contributed by atoms with E-state index in [2.05, 4.69) is 35.1 Å². The molecule has 4 aliphatic rings. The van der Waals surface area contributed by atoms with Crippen LogP contribution in [0.2, 0.25) is 0 Å². The molecule has 6 N–H and O–H groups in total. The van der Waals surface area contributed by atoms with E-state index in [0.29, 0.717) is 36.6 Å². The van der Waals surface area contributed by atoms with Crippen molar-refractivity contribution in [2.75, 3.05) is 6.54 Å². The summed E-state index contributed by atoms with van der Waals surface area (Å²) in [6.07, 6.45) is 12.1. The summed E-state index contributed by atoms with van der Waals surface area (Å²) in [6, 6.07) is 1.14. The summed E-state index contributed by atoms with van der Waals surface area (Å²) >= 11 is 0. The highest BCUT2D eigenvalue weighted by Crippen LogP contribution is 2.36. The highest BCUT2D eigenvalue weighted by atomic mass is 16.2. The highest BCUT2D eigenvalue weighted by Gasteiger charge is 2.42. The number of rotatable bonds is 7. The minimum atomic E-state index is -0.0952. The van der Waals surface area contributed by atoms with E-state index >= 15 is 0 Å². The van der Waals surface area contributed by atoms with Gasteiger partial charge in [0, 0.05) is 36.6 Å². The maximum absolute atomic E-state index is 13.3. The van der Waals surface area contributed by atoms with E-state index in [0.717, 1.165) is 38.6 Å². The molecule has 0 aromatic rings. The Kier molecular flexibility index (Phi) is 8.69. The Morgan fingerprint density at radius 3 is 2.48 bits per heavy atom. The lowest BCUT2D eigenvalue weighted by Gasteiger charge is -2.37. The second kappa shape index (κ2) is 11.5. The standard InChI is InChI=1S/C26H47N5O2/c1-16-5-3-7-18-15-22(30-24(16)18)26(33)31-21(25-17(2)6-4-14-28-25)12-13-23(32)29-20-10-8-19(27)9-11-20/h16-22,24-25,28,30H,3-15,27H2,1-2H3,(H,29,32)(H,31,33). The minimum Gasteiger partial charge on any atom is -0.353 e. The Balaban J connectivity index is 1.32. The van der Waals surface area contributed by atoms with Gasteiger partial charge in [0.05, 0.1) is 6.04 Å². The van der Waals surface area contributed by atoms with Crippen molar-refractivity contribution in [1.29, 1.82) is 0 Å². The van der Waals surface area contributed by atoms with Crippen LogP contribution in [0.15, 0.2) is 0 Å². The molecule has 2 aliphatic carbocycles. The van der Waals surface area contributed by atoms with Gasteiger partial charge in [-0.15, -0.1) is 0 Å². The molecular formula is C26H47N5O2. The Labute approximate surface area is 200 Å². The molecule has 7 unspecified atom stereocenters. The normalized spacial score (nSPS) is 40.0. The molecule has 2 heterocycles. The summed E-state index contributed by atoms with van der Waals surface area (Å²) in [4.78, 5) is 26.1. The molecule has 0 spiro atoms. The minimum absolute atomic E-state index is 0.0137. The number of fused-ring (bicyclic) bond motifs is 1. The molecule has 0 aromatic carbocycles. The second-order valence-electron chi connectivity index (χ2n) is 11.6. The first-order valence-corrected chi connectivity index (χ1v) is 13.8. The molecule has 33 heavy (non-hydrogen) atoms. The Bertz CT molecular complexity index is 665. The number of hydrogen-bond donors (Lipinski definition) is 5. The zero-order valence-corrected chi connectivity index (χ0v) is 20.8. The molecule has 2 aliphatic heterocycles. The number of carbonyl (C=O) groups excluding carboxylic acids is 2.